The number of carbonyl (C=O) groups is 3. The van der Waals surface area contributed by atoms with E-state index in [1.807, 2.05) is 34.6 Å². The Hall–Kier alpha value is -3.27. The van der Waals surface area contributed by atoms with Crippen LogP contribution in [0.4, 0.5) is 4.79 Å². The number of nitrogens with zero attached hydrogens (tertiary/aromatic N) is 1. The Morgan fingerprint density at radius 3 is 2.11 bits per heavy atom. The summed E-state index contributed by atoms with van der Waals surface area (Å²) in [5.74, 6) is 1.91. The minimum Gasteiger partial charge on any atom is -0.444 e. The molecule has 1 aromatic rings. The zero-order chi connectivity index (χ0) is 27.0. The predicted octanol–water partition coefficient (Wildman–Crippen LogP) is 4.58. The normalized spacial score (nSPS) is 13.3. The quantitative estimate of drug-likeness (QED) is 0.398. The highest BCUT2D eigenvalue weighted by atomic mass is 16.6. The van der Waals surface area contributed by atoms with Crippen LogP contribution in [0.1, 0.15) is 79.0 Å². The van der Waals surface area contributed by atoms with Gasteiger partial charge >= 0.3 is 6.09 Å². The molecular formula is C28H41N3O4. The van der Waals surface area contributed by atoms with Crippen molar-refractivity contribution in [3.05, 3.63) is 48.0 Å². The number of hydrogen-bond donors (Lipinski definition) is 2. The third kappa shape index (κ3) is 10.3. The summed E-state index contributed by atoms with van der Waals surface area (Å²) in [6, 6.07) is 5.09. The Balaban J connectivity index is 3.49. The maximum Gasteiger partial charge on any atom is 0.408 e. The van der Waals surface area contributed by atoms with Crippen LogP contribution in [-0.4, -0.2) is 46.5 Å². The standard InChI is InChI=1S/C28H41N3O4/c1-11-17-31(25(33)22(18-19(3)4)29-26(34)35-28(8,9)10)23(24(32)30-27(5,6)7)21-15-13-20(12-2)14-16-21/h2,11,13-16,19,22-23H,1,17-18H2,3-10H3,(H,29,34)(H,30,32). The lowest BCUT2D eigenvalue weighted by Gasteiger charge is -2.35. The maximum atomic E-state index is 13.9. The Labute approximate surface area is 210 Å². The van der Waals surface area contributed by atoms with E-state index in [-0.39, 0.29) is 18.4 Å². The zero-order valence-electron chi connectivity index (χ0n) is 22.4. The van der Waals surface area contributed by atoms with Gasteiger partial charge in [0.1, 0.15) is 17.7 Å². The van der Waals surface area contributed by atoms with Crippen molar-refractivity contribution >= 4 is 17.9 Å². The molecule has 35 heavy (non-hydrogen) atoms. The van der Waals surface area contributed by atoms with Crippen molar-refractivity contribution in [2.75, 3.05) is 6.54 Å². The van der Waals surface area contributed by atoms with E-state index >= 15 is 0 Å². The van der Waals surface area contributed by atoms with Crippen LogP contribution >= 0.6 is 0 Å². The van der Waals surface area contributed by atoms with Crippen molar-refractivity contribution in [3.63, 3.8) is 0 Å². The van der Waals surface area contributed by atoms with Crippen LogP contribution in [0.2, 0.25) is 0 Å². The number of rotatable bonds is 9. The lowest BCUT2D eigenvalue weighted by molar-refractivity contribution is -0.142. The molecule has 3 amide bonds. The minimum absolute atomic E-state index is 0.0984. The molecule has 0 heterocycles. The second kappa shape index (κ2) is 12.4. The van der Waals surface area contributed by atoms with Crippen molar-refractivity contribution < 1.29 is 19.1 Å². The average Bonchev–Trinajstić information content (AvgIpc) is 2.69. The molecular weight excluding hydrogens is 442 g/mol. The summed E-state index contributed by atoms with van der Waals surface area (Å²) < 4.78 is 5.38. The van der Waals surface area contributed by atoms with E-state index in [1.54, 1.807) is 51.1 Å². The number of nitrogens with one attached hydrogen (secondary N) is 2. The van der Waals surface area contributed by atoms with Crippen LogP contribution in [0.25, 0.3) is 0 Å². The number of terminal acetylenes is 1. The lowest BCUT2D eigenvalue weighted by Crippen LogP contribution is -2.55. The van der Waals surface area contributed by atoms with Crippen molar-refractivity contribution in [2.45, 2.75) is 85.0 Å². The molecule has 2 N–H and O–H groups in total. The zero-order valence-corrected chi connectivity index (χ0v) is 22.4. The van der Waals surface area contributed by atoms with Crippen LogP contribution in [-0.2, 0) is 14.3 Å². The summed E-state index contributed by atoms with van der Waals surface area (Å²) >= 11 is 0. The van der Waals surface area contributed by atoms with E-state index in [2.05, 4.69) is 23.1 Å². The third-order valence-electron chi connectivity index (χ3n) is 4.76. The van der Waals surface area contributed by atoms with Crippen molar-refractivity contribution in [1.82, 2.24) is 15.5 Å². The number of ether oxygens (including phenoxy) is 1. The van der Waals surface area contributed by atoms with E-state index in [0.29, 0.717) is 17.5 Å². The van der Waals surface area contributed by atoms with Gasteiger partial charge in [-0.05, 0) is 71.6 Å². The predicted molar refractivity (Wildman–Crippen MR) is 140 cm³/mol. The molecule has 2 unspecified atom stereocenters. The van der Waals surface area contributed by atoms with Crippen LogP contribution in [0.5, 0.6) is 0 Å². The highest BCUT2D eigenvalue weighted by Crippen LogP contribution is 2.25. The fourth-order valence-corrected chi connectivity index (χ4v) is 3.48. The molecule has 192 valence electrons. The first-order valence-corrected chi connectivity index (χ1v) is 11.9. The molecule has 7 nitrogen and oxygen atoms in total. The van der Waals surface area contributed by atoms with Gasteiger partial charge in [-0.3, -0.25) is 9.59 Å². The molecule has 7 heteroatoms. The number of alkyl carbamates (subject to hydrolysis) is 1. The molecule has 0 radical (unpaired) electrons. The molecule has 0 saturated carbocycles. The minimum atomic E-state index is -0.957. The number of carbonyl (C=O) groups excluding carboxylic acids is 3. The summed E-state index contributed by atoms with van der Waals surface area (Å²) in [7, 11) is 0. The molecule has 0 aliphatic rings. The number of amides is 3. The molecule has 0 spiro atoms. The van der Waals surface area contributed by atoms with Gasteiger partial charge in [-0.2, -0.15) is 0 Å². The molecule has 0 aromatic heterocycles. The van der Waals surface area contributed by atoms with Crippen LogP contribution < -0.4 is 10.6 Å². The number of hydrogen-bond acceptors (Lipinski definition) is 4. The highest BCUT2D eigenvalue weighted by Gasteiger charge is 2.37. The van der Waals surface area contributed by atoms with E-state index < -0.39 is 35.2 Å². The first-order valence-electron chi connectivity index (χ1n) is 11.9. The number of benzene rings is 1. The van der Waals surface area contributed by atoms with Gasteiger partial charge in [0.15, 0.2) is 0 Å². The summed E-state index contributed by atoms with van der Waals surface area (Å²) in [5, 5.41) is 5.68. The molecule has 2 atom stereocenters. The van der Waals surface area contributed by atoms with Gasteiger partial charge in [-0.1, -0.05) is 38.0 Å². The monoisotopic (exact) mass is 483 g/mol. The SMILES string of the molecule is C#Cc1ccc(C(C(=O)NC(C)(C)C)N(CC=C)C(=O)C(CC(C)C)NC(=O)OC(C)(C)C)cc1. The molecule has 0 aliphatic heterocycles. The first-order chi connectivity index (χ1) is 16.1. The van der Waals surface area contributed by atoms with Crippen molar-refractivity contribution in [1.29, 1.82) is 0 Å². The lowest BCUT2D eigenvalue weighted by atomic mass is 9.97. The van der Waals surface area contributed by atoms with Gasteiger partial charge in [0.2, 0.25) is 11.8 Å². The Morgan fingerprint density at radius 2 is 1.69 bits per heavy atom. The second-order valence-corrected chi connectivity index (χ2v) is 11.0. The smallest absolute Gasteiger partial charge is 0.408 e. The van der Waals surface area contributed by atoms with Crippen LogP contribution in [0.15, 0.2) is 36.9 Å². The summed E-state index contributed by atoms with van der Waals surface area (Å²) in [6.07, 6.45) is 6.73. The van der Waals surface area contributed by atoms with Gasteiger partial charge in [0, 0.05) is 17.6 Å². The van der Waals surface area contributed by atoms with E-state index in [0.717, 1.165) is 0 Å². The van der Waals surface area contributed by atoms with Gasteiger partial charge in [0.25, 0.3) is 0 Å². The van der Waals surface area contributed by atoms with Crippen molar-refractivity contribution in [2.24, 2.45) is 5.92 Å². The van der Waals surface area contributed by atoms with Crippen LogP contribution in [0, 0.1) is 18.3 Å². The second-order valence-electron chi connectivity index (χ2n) is 11.0. The molecule has 0 aliphatic carbocycles. The molecule has 0 bridgehead atoms. The molecule has 1 rings (SSSR count). The van der Waals surface area contributed by atoms with Crippen molar-refractivity contribution in [3.8, 4) is 12.3 Å². The first kappa shape index (κ1) is 29.8. The Morgan fingerprint density at radius 1 is 1.11 bits per heavy atom. The topological polar surface area (TPSA) is 87.7 Å². The molecule has 0 fully saturated rings. The fourth-order valence-electron chi connectivity index (χ4n) is 3.48. The van der Waals surface area contributed by atoms with E-state index in [1.165, 1.54) is 4.90 Å². The summed E-state index contributed by atoms with van der Waals surface area (Å²) in [5.41, 5.74) is 0.0175. The largest absolute Gasteiger partial charge is 0.444 e. The molecule has 1 aromatic carbocycles. The van der Waals surface area contributed by atoms with Gasteiger partial charge in [-0.15, -0.1) is 13.0 Å². The van der Waals surface area contributed by atoms with E-state index in [4.69, 9.17) is 11.2 Å². The summed E-state index contributed by atoms with van der Waals surface area (Å²) in [6.45, 7) is 18.7. The highest BCUT2D eigenvalue weighted by molar-refractivity contribution is 5.92. The van der Waals surface area contributed by atoms with E-state index in [9.17, 15) is 14.4 Å². The third-order valence-corrected chi connectivity index (χ3v) is 4.76. The average molecular weight is 484 g/mol. The Bertz CT molecular complexity index is 931. The Kier molecular flexibility index (Phi) is 10.6. The fraction of sp³-hybridized carbons (Fsp3) is 0.536. The summed E-state index contributed by atoms with van der Waals surface area (Å²) in [4.78, 5) is 41.3. The van der Waals surface area contributed by atoms with Gasteiger partial charge in [0.05, 0.1) is 0 Å². The maximum absolute atomic E-state index is 13.9. The van der Waals surface area contributed by atoms with Gasteiger partial charge < -0.3 is 20.3 Å². The van der Waals surface area contributed by atoms with Gasteiger partial charge in [-0.25, -0.2) is 4.79 Å². The molecule has 0 saturated heterocycles. The van der Waals surface area contributed by atoms with Crippen LogP contribution in [0.3, 0.4) is 0 Å².